The van der Waals surface area contributed by atoms with Crippen LogP contribution in [0.15, 0.2) is 48.5 Å². The van der Waals surface area contributed by atoms with Crippen LogP contribution < -0.4 is 10.1 Å². The van der Waals surface area contributed by atoms with E-state index in [4.69, 9.17) is 4.74 Å². The lowest BCUT2D eigenvalue weighted by Crippen LogP contribution is -2.34. The molecule has 1 saturated heterocycles. The number of carbonyl (C=O) groups excluding carboxylic acids is 1. The molecular formula is C19H21FN2O2. The number of nitrogens with one attached hydrogen (secondary N) is 1. The van der Waals surface area contributed by atoms with Crippen LogP contribution >= 0.6 is 0 Å². The van der Waals surface area contributed by atoms with Gasteiger partial charge in [-0.05, 0) is 61.7 Å². The third-order valence-corrected chi connectivity index (χ3v) is 4.16. The quantitative estimate of drug-likeness (QED) is 0.891. The predicted octanol–water partition coefficient (Wildman–Crippen LogP) is 4.59. The Bertz CT molecular complexity index is 703. The van der Waals surface area contributed by atoms with Crippen molar-refractivity contribution in [1.29, 1.82) is 0 Å². The van der Waals surface area contributed by atoms with Crippen LogP contribution in [0.2, 0.25) is 0 Å². The van der Waals surface area contributed by atoms with Gasteiger partial charge in [0, 0.05) is 12.2 Å². The third-order valence-electron chi connectivity index (χ3n) is 4.16. The Balaban J connectivity index is 1.69. The van der Waals surface area contributed by atoms with Crippen LogP contribution in [-0.4, -0.2) is 24.1 Å². The molecule has 5 heteroatoms. The number of nitrogens with zero attached hydrogens (tertiary/aromatic N) is 1. The van der Waals surface area contributed by atoms with Crippen molar-refractivity contribution >= 4 is 11.7 Å². The molecule has 0 unspecified atom stereocenters. The van der Waals surface area contributed by atoms with Crippen LogP contribution in [0.3, 0.4) is 0 Å². The normalized spacial score (nSPS) is 16.9. The second kappa shape index (κ2) is 7.34. The van der Waals surface area contributed by atoms with Gasteiger partial charge in [-0.15, -0.1) is 0 Å². The number of anilines is 1. The highest BCUT2D eigenvalue weighted by atomic mass is 19.1. The minimum atomic E-state index is -0.272. The van der Waals surface area contributed by atoms with E-state index in [1.54, 1.807) is 11.0 Å². The molecule has 1 aliphatic rings. The fraction of sp³-hybridized carbons (Fsp3) is 0.316. The molecule has 1 fully saturated rings. The van der Waals surface area contributed by atoms with Crippen LogP contribution in [-0.2, 0) is 0 Å². The van der Waals surface area contributed by atoms with Crippen molar-refractivity contribution in [2.75, 3.05) is 18.5 Å². The molecule has 0 radical (unpaired) electrons. The standard InChI is InChI=1S/C19H21FN2O2/c1-2-24-17-10-8-16(9-11-17)21-19(23)22-12-4-7-18(22)14-5-3-6-15(20)13-14/h3,5-6,8-11,13,18H,2,4,7,12H2,1H3,(H,21,23)/t18-/m0/s1. The zero-order valence-corrected chi connectivity index (χ0v) is 13.7. The van der Waals surface area contributed by atoms with Crippen molar-refractivity contribution < 1.29 is 13.9 Å². The summed E-state index contributed by atoms with van der Waals surface area (Å²) < 4.78 is 18.9. The number of hydrogen-bond donors (Lipinski definition) is 1. The van der Waals surface area contributed by atoms with E-state index in [0.717, 1.165) is 24.2 Å². The van der Waals surface area contributed by atoms with Crippen LogP contribution in [0.1, 0.15) is 31.4 Å². The molecule has 1 atom stereocenters. The summed E-state index contributed by atoms with van der Waals surface area (Å²) in [4.78, 5) is 14.4. The lowest BCUT2D eigenvalue weighted by atomic mass is 10.0. The van der Waals surface area contributed by atoms with E-state index in [9.17, 15) is 9.18 Å². The maximum Gasteiger partial charge on any atom is 0.322 e. The van der Waals surface area contributed by atoms with E-state index in [0.29, 0.717) is 18.8 Å². The van der Waals surface area contributed by atoms with Crippen molar-refractivity contribution in [3.8, 4) is 5.75 Å². The smallest absolute Gasteiger partial charge is 0.322 e. The van der Waals surface area contributed by atoms with Gasteiger partial charge in [-0.2, -0.15) is 0 Å². The molecule has 1 N–H and O–H groups in total. The minimum Gasteiger partial charge on any atom is -0.494 e. The Morgan fingerprint density at radius 1 is 1.29 bits per heavy atom. The summed E-state index contributed by atoms with van der Waals surface area (Å²) in [6.45, 7) is 3.20. The van der Waals surface area contributed by atoms with E-state index >= 15 is 0 Å². The monoisotopic (exact) mass is 328 g/mol. The molecule has 4 nitrogen and oxygen atoms in total. The van der Waals surface area contributed by atoms with Crippen LogP contribution in [0.25, 0.3) is 0 Å². The van der Waals surface area contributed by atoms with Crippen molar-refractivity contribution in [2.24, 2.45) is 0 Å². The van der Waals surface area contributed by atoms with Gasteiger partial charge in [0.2, 0.25) is 0 Å². The summed E-state index contributed by atoms with van der Waals surface area (Å²) in [6, 6.07) is 13.5. The third kappa shape index (κ3) is 3.67. The zero-order valence-electron chi connectivity index (χ0n) is 13.7. The zero-order chi connectivity index (χ0) is 16.9. The largest absolute Gasteiger partial charge is 0.494 e. The summed E-state index contributed by atoms with van der Waals surface area (Å²) >= 11 is 0. The van der Waals surface area contributed by atoms with Gasteiger partial charge in [-0.3, -0.25) is 0 Å². The molecule has 0 saturated carbocycles. The van der Waals surface area contributed by atoms with Gasteiger partial charge in [-0.1, -0.05) is 12.1 Å². The van der Waals surface area contributed by atoms with Crippen molar-refractivity contribution in [2.45, 2.75) is 25.8 Å². The van der Waals surface area contributed by atoms with Crippen LogP contribution in [0, 0.1) is 5.82 Å². The van der Waals surface area contributed by atoms with E-state index in [2.05, 4.69) is 5.32 Å². The van der Waals surface area contributed by atoms with Crippen LogP contribution in [0.4, 0.5) is 14.9 Å². The number of benzene rings is 2. The molecule has 1 aliphatic heterocycles. The summed E-state index contributed by atoms with van der Waals surface area (Å²) in [5, 5.41) is 2.91. The van der Waals surface area contributed by atoms with Crippen LogP contribution in [0.5, 0.6) is 5.75 Å². The fourth-order valence-corrected chi connectivity index (χ4v) is 3.07. The SMILES string of the molecule is CCOc1ccc(NC(=O)N2CCC[C@H]2c2cccc(F)c2)cc1. The number of hydrogen-bond acceptors (Lipinski definition) is 2. The van der Waals surface area contributed by atoms with Crippen molar-refractivity contribution in [1.82, 2.24) is 4.90 Å². The first-order chi connectivity index (χ1) is 11.7. The van der Waals surface area contributed by atoms with Crippen molar-refractivity contribution in [3.05, 3.63) is 59.9 Å². The van der Waals surface area contributed by atoms with Gasteiger partial charge in [0.15, 0.2) is 0 Å². The average Bonchev–Trinajstić information content (AvgIpc) is 3.07. The first-order valence-electron chi connectivity index (χ1n) is 8.23. The maximum atomic E-state index is 13.5. The predicted molar refractivity (Wildman–Crippen MR) is 91.7 cm³/mol. The molecule has 0 spiro atoms. The lowest BCUT2D eigenvalue weighted by Gasteiger charge is -2.25. The highest BCUT2D eigenvalue weighted by Crippen LogP contribution is 2.32. The minimum absolute atomic E-state index is 0.0802. The number of amides is 2. The summed E-state index contributed by atoms with van der Waals surface area (Å²) in [7, 11) is 0. The summed E-state index contributed by atoms with van der Waals surface area (Å²) in [5.41, 5.74) is 1.56. The molecule has 0 bridgehead atoms. The molecule has 2 aromatic carbocycles. The topological polar surface area (TPSA) is 41.6 Å². The Labute approximate surface area is 141 Å². The molecule has 0 aromatic heterocycles. The molecule has 2 amide bonds. The van der Waals surface area contributed by atoms with Gasteiger partial charge in [0.05, 0.1) is 12.6 Å². The molecule has 1 heterocycles. The Morgan fingerprint density at radius 2 is 2.08 bits per heavy atom. The Morgan fingerprint density at radius 3 is 2.79 bits per heavy atom. The second-order valence-electron chi connectivity index (χ2n) is 5.79. The highest BCUT2D eigenvalue weighted by Gasteiger charge is 2.30. The van der Waals surface area contributed by atoms with E-state index < -0.39 is 0 Å². The van der Waals surface area contributed by atoms with Gasteiger partial charge >= 0.3 is 6.03 Å². The van der Waals surface area contributed by atoms with E-state index in [-0.39, 0.29) is 17.9 Å². The average molecular weight is 328 g/mol. The molecule has 24 heavy (non-hydrogen) atoms. The van der Waals surface area contributed by atoms with E-state index in [1.807, 2.05) is 37.3 Å². The van der Waals surface area contributed by atoms with Gasteiger partial charge in [0.1, 0.15) is 11.6 Å². The fourth-order valence-electron chi connectivity index (χ4n) is 3.07. The number of halogens is 1. The van der Waals surface area contributed by atoms with Gasteiger partial charge in [-0.25, -0.2) is 9.18 Å². The lowest BCUT2D eigenvalue weighted by molar-refractivity contribution is 0.207. The summed E-state index contributed by atoms with van der Waals surface area (Å²) in [6.07, 6.45) is 1.76. The number of carbonyl (C=O) groups is 1. The Hall–Kier alpha value is -2.56. The van der Waals surface area contributed by atoms with Crippen molar-refractivity contribution in [3.63, 3.8) is 0 Å². The maximum absolute atomic E-state index is 13.5. The number of urea groups is 1. The molecule has 0 aliphatic carbocycles. The Kier molecular flexibility index (Phi) is 4.99. The van der Waals surface area contributed by atoms with Gasteiger partial charge in [0.25, 0.3) is 0 Å². The number of likely N-dealkylation sites (tertiary alicyclic amines) is 1. The molecule has 3 rings (SSSR count). The molecule has 126 valence electrons. The van der Waals surface area contributed by atoms with Gasteiger partial charge < -0.3 is 15.0 Å². The first kappa shape index (κ1) is 16.3. The molecule has 2 aromatic rings. The van der Waals surface area contributed by atoms with E-state index in [1.165, 1.54) is 12.1 Å². The first-order valence-corrected chi connectivity index (χ1v) is 8.23. The molecular weight excluding hydrogens is 307 g/mol. The second-order valence-corrected chi connectivity index (χ2v) is 5.79. The number of rotatable bonds is 4. The highest BCUT2D eigenvalue weighted by molar-refractivity contribution is 5.89. The summed E-state index contributed by atoms with van der Waals surface area (Å²) in [5.74, 6) is 0.501. The number of ether oxygens (including phenoxy) is 1.